The van der Waals surface area contributed by atoms with Crippen LogP contribution in [-0.4, -0.2) is 22.5 Å². The molecule has 0 aromatic rings. The Morgan fingerprint density at radius 1 is 1.20 bits per heavy atom. The van der Waals surface area contributed by atoms with E-state index < -0.39 is 11.5 Å². The van der Waals surface area contributed by atoms with Crippen LogP contribution in [0.5, 0.6) is 0 Å². The lowest BCUT2D eigenvalue weighted by Crippen LogP contribution is -2.51. The van der Waals surface area contributed by atoms with Crippen LogP contribution < -0.4 is 5.32 Å². The number of hydrogen-bond acceptors (Lipinski definition) is 2. The Balaban J connectivity index is 2.69. The van der Waals surface area contributed by atoms with Crippen molar-refractivity contribution in [3.05, 3.63) is 12.2 Å². The van der Waals surface area contributed by atoms with Crippen molar-refractivity contribution < 1.29 is 14.7 Å². The maximum absolute atomic E-state index is 12.4. The average Bonchev–Trinajstić information content (AvgIpc) is 2.36. The van der Waals surface area contributed by atoms with Crippen molar-refractivity contribution >= 4 is 11.9 Å². The average molecular weight is 281 g/mol. The van der Waals surface area contributed by atoms with E-state index in [9.17, 15) is 9.59 Å². The zero-order chi connectivity index (χ0) is 15.0. The van der Waals surface area contributed by atoms with Crippen molar-refractivity contribution in [3.63, 3.8) is 0 Å². The number of rotatable bonds is 6. The first-order chi connectivity index (χ1) is 9.53. The smallest absolute Gasteiger partial charge is 0.305 e. The minimum Gasteiger partial charge on any atom is -0.481 e. The van der Waals surface area contributed by atoms with Crippen molar-refractivity contribution in [2.24, 2.45) is 5.92 Å². The van der Waals surface area contributed by atoms with Gasteiger partial charge in [0.15, 0.2) is 0 Å². The molecule has 0 aromatic heterocycles. The summed E-state index contributed by atoms with van der Waals surface area (Å²) in [6.45, 7) is 3.88. The molecule has 0 saturated carbocycles. The molecule has 4 heteroatoms. The summed E-state index contributed by atoms with van der Waals surface area (Å²) in [6, 6.07) is 0. The van der Waals surface area contributed by atoms with Gasteiger partial charge in [-0.25, -0.2) is 0 Å². The van der Waals surface area contributed by atoms with E-state index in [1.165, 1.54) is 0 Å². The predicted molar refractivity (Wildman–Crippen MR) is 79.4 cm³/mol. The SMILES string of the molecule is CCC(CC)(CC(=O)O)NC(=O)C1CC/C=C\CCC1. The lowest BCUT2D eigenvalue weighted by Gasteiger charge is -2.33. The van der Waals surface area contributed by atoms with Gasteiger partial charge in [0.2, 0.25) is 5.91 Å². The van der Waals surface area contributed by atoms with Gasteiger partial charge in [-0.2, -0.15) is 0 Å². The second-order valence-electron chi connectivity index (χ2n) is 5.72. The van der Waals surface area contributed by atoms with Crippen LogP contribution in [0.4, 0.5) is 0 Å². The summed E-state index contributed by atoms with van der Waals surface area (Å²) in [5, 5.41) is 12.1. The van der Waals surface area contributed by atoms with Gasteiger partial charge in [-0.15, -0.1) is 0 Å². The van der Waals surface area contributed by atoms with E-state index in [2.05, 4.69) is 17.5 Å². The molecule has 0 bridgehead atoms. The van der Waals surface area contributed by atoms with Gasteiger partial charge in [0.05, 0.1) is 6.42 Å². The quantitative estimate of drug-likeness (QED) is 0.734. The first-order valence-electron chi connectivity index (χ1n) is 7.72. The van der Waals surface area contributed by atoms with E-state index in [1.54, 1.807) is 0 Å². The van der Waals surface area contributed by atoms with E-state index in [4.69, 9.17) is 5.11 Å². The largest absolute Gasteiger partial charge is 0.481 e. The molecule has 1 aliphatic rings. The van der Waals surface area contributed by atoms with Crippen LogP contribution in [-0.2, 0) is 9.59 Å². The van der Waals surface area contributed by atoms with E-state index >= 15 is 0 Å². The molecule has 0 fully saturated rings. The molecule has 0 spiro atoms. The molecule has 2 N–H and O–H groups in total. The number of carboxylic acid groups (broad SMARTS) is 1. The molecule has 0 aliphatic heterocycles. The molecule has 1 atom stereocenters. The Bertz CT molecular complexity index is 359. The number of nitrogens with one attached hydrogen (secondary N) is 1. The third-order valence-corrected chi connectivity index (χ3v) is 4.37. The van der Waals surface area contributed by atoms with Crippen LogP contribution in [0.3, 0.4) is 0 Å². The predicted octanol–water partition coefficient (Wildman–Crippen LogP) is 3.27. The molecule has 1 unspecified atom stereocenters. The molecule has 0 heterocycles. The van der Waals surface area contributed by atoms with Crippen LogP contribution in [0.15, 0.2) is 12.2 Å². The first-order valence-corrected chi connectivity index (χ1v) is 7.72. The standard InChI is InChI=1S/C16H27NO3/c1-3-16(4-2,12-14(18)19)17-15(20)13-10-8-6-5-7-9-11-13/h5-6,13H,3-4,7-12H2,1-2H3,(H,17,20)(H,18,19)/b6-5-. The van der Waals surface area contributed by atoms with Crippen LogP contribution in [0.2, 0.25) is 0 Å². The summed E-state index contributed by atoms with van der Waals surface area (Å²) in [5.74, 6) is -0.800. The number of carboxylic acids is 1. The van der Waals surface area contributed by atoms with Crippen molar-refractivity contribution in [2.45, 2.75) is 70.8 Å². The Kier molecular flexibility index (Phi) is 6.76. The molecule has 0 radical (unpaired) electrons. The third kappa shape index (κ3) is 4.99. The van der Waals surface area contributed by atoms with Crippen LogP contribution >= 0.6 is 0 Å². The maximum atomic E-state index is 12.4. The second kappa shape index (κ2) is 8.08. The highest BCUT2D eigenvalue weighted by atomic mass is 16.4. The lowest BCUT2D eigenvalue weighted by molar-refractivity contribution is -0.139. The van der Waals surface area contributed by atoms with E-state index in [0.29, 0.717) is 12.8 Å². The molecule has 0 aromatic carbocycles. The number of carbonyl (C=O) groups is 2. The summed E-state index contributed by atoms with van der Waals surface area (Å²) >= 11 is 0. The zero-order valence-corrected chi connectivity index (χ0v) is 12.7. The van der Waals surface area contributed by atoms with Gasteiger partial charge in [-0.3, -0.25) is 9.59 Å². The molecule has 1 aliphatic carbocycles. The van der Waals surface area contributed by atoms with Gasteiger partial charge in [0.1, 0.15) is 0 Å². The fraction of sp³-hybridized carbons (Fsp3) is 0.750. The highest BCUT2D eigenvalue weighted by Crippen LogP contribution is 2.24. The summed E-state index contributed by atoms with van der Waals surface area (Å²) in [7, 11) is 0. The van der Waals surface area contributed by atoms with E-state index in [0.717, 1.165) is 32.1 Å². The zero-order valence-electron chi connectivity index (χ0n) is 12.7. The molecular weight excluding hydrogens is 254 g/mol. The molecule has 4 nitrogen and oxygen atoms in total. The summed E-state index contributed by atoms with van der Waals surface area (Å²) < 4.78 is 0. The molecule has 1 amide bonds. The fourth-order valence-electron chi connectivity index (χ4n) is 2.80. The molecule has 0 saturated heterocycles. The summed E-state index contributed by atoms with van der Waals surface area (Å²) in [6.07, 6.45) is 10.4. The minimum atomic E-state index is -0.852. The number of aliphatic carboxylic acids is 1. The highest BCUT2D eigenvalue weighted by Gasteiger charge is 2.33. The molecule has 114 valence electrons. The van der Waals surface area contributed by atoms with Crippen molar-refractivity contribution in [1.82, 2.24) is 5.32 Å². The Hall–Kier alpha value is -1.32. The van der Waals surface area contributed by atoms with Gasteiger partial charge in [-0.1, -0.05) is 26.0 Å². The molecule has 20 heavy (non-hydrogen) atoms. The van der Waals surface area contributed by atoms with Crippen molar-refractivity contribution in [1.29, 1.82) is 0 Å². The fourth-order valence-corrected chi connectivity index (χ4v) is 2.80. The Morgan fingerprint density at radius 3 is 2.45 bits per heavy atom. The van der Waals surface area contributed by atoms with Crippen molar-refractivity contribution in [2.75, 3.05) is 0 Å². The van der Waals surface area contributed by atoms with Gasteiger partial charge >= 0.3 is 5.97 Å². The number of allylic oxidation sites excluding steroid dienone is 2. The maximum Gasteiger partial charge on any atom is 0.305 e. The van der Waals surface area contributed by atoms with Gasteiger partial charge in [0.25, 0.3) is 0 Å². The molecule has 1 rings (SSSR count). The third-order valence-electron chi connectivity index (χ3n) is 4.37. The Labute approximate surface area is 121 Å². The lowest BCUT2D eigenvalue weighted by atomic mass is 9.86. The summed E-state index contributed by atoms with van der Waals surface area (Å²) in [5.41, 5.74) is -0.596. The van der Waals surface area contributed by atoms with Gasteiger partial charge in [0, 0.05) is 11.5 Å². The highest BCUT2D eigenvalue weighted by molar-refractivity contribution is 5.80. The number of carbonyl (C=O) groups excluding carboxylic acids is 1. The second-order valence-corrected chi connectivity index (χ2v) is 5.72. The van der Waals surface area contributed by atoms with Gasteiger partial charge < -0.3 is 10.4 Å². The summed E-state index contributed by atoms with van der Waals surface area (Å²) in [4.78, 5) is 23.5. The normalized spacial score (nSPS) is 21.6. The van der Waals surface area contributed by atoms with Crippen LogP contribution in [0, 0.1) is 5.92 Å². The topological polar surface area (TPSA) is 66.4 Å². The van der Waals surface area contributed by atoms with Crippen LogP contribution in [0.1, 0.15) is 65.2 Å². The van der Waals surface area contributed by atoms with E-state index in [1.807, 2.05) is 13.8 Å². The Morgan fingerprint density at radius 2 is 1.85 bits per heavy atom. The molecular formula is C16H27NO3. The van der Waals surface area contributed by atoms with E-state index in [-0.39, 0.29) is 18.2 Å². The first kappa shape index (κ1) is 16.7. The minimum absolute atomic E-state index is 0.00162. The number of hydrogen-bond donors (Lipinski definition) is 2. The number of amides is 1. The monoisotopic (exact) mass is 281 g/mol. The van der Waals surface area contributed by atoms with Crippen molar-refractivity contribution in [3.8, 4) is 0 Å². The van der Waals surface area contributed by atoms with Crippen LogP contribution in [0.25, 0.3) is 0 Å². The van der Waals surface area contributed by atoms with Gasteiger partial charge in [-0.05, 0) is 44.9 Å².